The predicted molar refractivity (Wildman–Crippen MR) is 83.3 cm³/mol. The van der Waals surface area contributed by atoms with E-state index in [2.05, 4.69) is 14.7 Å². The lowest BCUT2D eigenvalue weighted by atomic mass is 10.1. The molecule has 0 saturated heterocycles. The number of aryl methyl sites for hydroxylation is 2. The maximum Gasteiger partial charge on any atom is 0.335 e. The standard InChI is InChI=1S/C15H15N3O2S/c1-9-7-11(14(19)20)3-4-12(9)16-8-13-10(2)17-15-18(13)5-6-21-15/h3-7,16H,8H2,1-2H3,(H,19,20). The van der Waals surface area contributed by atoms with Crippen molar-refractivity contribution in [2.24, 2.45) is 0 Å². The summed E-state index contributed by atoms with van der Waals surface area (Å²) in [6, 6.07) is 5.09. The second-order valence-corrected chi connectivity index (χ2v) is 5.76. The highest BCUT2D eigenvalue weighted by Crippen LogP contribution is 2.20. The molecule has 0 fully saturated rings. The van der Waals surface area contributed by atoms with E-state index in [0.717, 1.165) is 27.6 Å². The third-order valence-electron chi connectivity index (χ3n) is 3.48. The maximum atomic E-state index is 10.9. The van der Waals surface area contributed by atoms with Crippen LogP contribution in [0.4, 0.5) is 5.69 Å². The minimum atomic E-state index is -0.906. The molecule has 0 amide bonds. The summed E-state index contributed by atoms with van der Waals surface area (Å²) in [7, 11) is 0. The minimum absolute atomic E-state index is 0.304. The summed E-state index contributed by atoms with van der Waals surface area (Å²) in [6.45, 7) is 4.55. The lowest BCUT2D eigenvalue weighted by molar-refractivity contribution is 0.0697. The van der Waals surface area contributed by atoms with E-state index in [1.54, 1.807) is 29.5 Å². The summed E-state index contributed by atoms with van der Waals surface area (Å²) in [5.41, 5.74) is 4.28. The van der Waals surface area contributed by atoms with Crippen LogP contribution in [0.25, 0.3) is 4.96 Å². The van der Waals surface area contributed by atoms with Crippen LogP contribution < -0.4 is 5.32 Å². The zero-order chi connectivity index (χ0) is 15.0. The molecule has 21 heavy (non-hydrogen) atoms. The van der Waals surface area contributed by atoms with E-state index in [-0.39, 0.29) is 0 Å². The first kappa shape index (κ1) is 13.6. The van der Waals surface area contributed by atoms with Gasteiger partial charge in [0.05, 0.1) is 23.5 Å². The van der Waals surface area contributed by atoms with Gasteiger partial charge in [-0.1, -0.05) is 0 Å². The molecule has 3 rings (SSSR count). The van der Waals surface area contributed by atoms with E-state index in [9.17, 15) is 4.79 Å². The fraction of sp³-hybridized carbons (Fsp3) is 0.200. The first-order chi connectivity index (χ1) is 10.1. The van der Waals surface area contributed by atoms with E-state index in [1.165, 1.54) is 0 Å². The number of anilines is 1. The molecule has 1 aromatic carbocycles. The molecule has 0 bridgehead atoms. The fourth-order valence-electron chi connectivity index (χ4n) is 2.33. The number of thiazole rings is 1. The SMILES string of the molecule is Cc1cc(C(=O)O)ccc1NCc1c(C)nc2sccn12. The van der Waals surface area contributed by atoms with E-state index in [0.29, 0.717) is 12.1 Å². The van der Waals surface area contributed by atoms with Crippen LogP contribution >= 0.6 is 11.3 Å². The van der Waals surface area contributed by atoms with Gasteiger partial charge in [0.1, 0.15) is 0 Å². The van der Waals surface area contributed by atoms with Crippen molar-refractivity contribution in [3.8, 4) is 0 Å². The number of rotatable bonds is 4. The summed E-state index contributed by atoms with van der Waals surface area (Å²) in [4.78, 5) is 16.4. The molecule has 6 heteroatoms. The molecule has 0 aliphatic heterocycles. The molecule has 108 valence electrons. The average Bonchev–Trinajstić information content (AvgIpc) is 2.98. The summed E-state index contributed by atoms with van der Waals surface area (Å²) in [5, 5.41) is 14.3. The fourth-order valence-corrected chi connectivity index (χ4v) is 3.11. The molecule has 0 aliphatic carbocycles. The minimum Gasteiger partial charge on any atom is -0.478 e. The van der Waals surface area contributed by atoms with Crippen molar-refractivity contribution in [1.82, 2.24) is 9.38 Å². The maximum absolute atomic E-state index is 10.9. The van der Waals surface area contributed by atoms with Crippen molar-refractivity contribution in [2.45, 2.75) is 20.4 Å². The van der Waals surface area contributed by atoms with E-state index >= 15 is 0 Å². The Morgan fingerprint density at radius 3 is 2.95 bits per heavy atom. The molecule has 2 N–H and O–H groups in total. The molecule has 2 aromatic heterocycles. The van der Waals surface area contributed by atoms with Gasteiger partial charge < -0.3 is 10.4 Å². The Balaban J connectivity index is 1.83. The van der Waals surface area contributed by atoms with Gasteiger partial charge in [-0.05, 0) is 37.6 Å². The normalized spacial score (nSPS) is 11.0. The number of benzene rings is 1. The van der Waals surface area contributed by atoms with E-state index in [1.807, 2.05) is 25.4 Å². The first-order valence-electron chi connectivity index (χ1n) is 6.55. The van der Waals surface area contributed by atoms with Crippen LogP contribution in [-0.4, -0.2) is 20.5 Å². The van der Waals surface area contributed by atoms with Gasteiger partial charge in [-0.3, -0.25) is 4.40 Å². The molecule has 0 aliphatic rings. The highest BCUT2D eigenvalue weighted by molar-refractivity contribution is 7.15. The van der Waals surface area contributed by atoms with Crippen molar-refractivity contribution in [3.63, 3.8) is 0 Å². The van der Waals surface area contributed by atoms with Gasteiger partial charge in [0.15, 0.2) is 4.96 Å². The Kier molecular flexibility index (Phi) is 3.39. The number of hydrogen-bond donors (Lipinski definition) is 2. The zero-order valence-electron chi connectivity index (χ0n) is 11.8. The Morgan fingerprint density at radius 1 is 1.43 bits per heavy atom. The number of imidazole rings is 1. The number of carbonyl (C=O) groups is 1. The molecule has 3 aromatic rings. The Morgan fingerprint density at radius 2 is 2.24 bits per heavy atom. The van der Waals surface area contributed by atoms with Crippen molar-refractivity contribution >= 4 is 28.0 Å². The average molecular weight is 301 g/mol. The van der Waals surface area contributed by atoms with Crippen LogP contribution in [0, 0.1) is 13.8 Å². The van der Waals surface area contributed by atoms with Gasteiger partial charge in [-0.2, -0.15) is 0 Å². The first-order valence-corrected chi connectivity index (χ1v) is 7.43. The van der Waals surface area contributed by atoms with Gasteiger partial charge in [-0.25, -0.2) is 9.78 Å². The van der Waals surface area contributed by atoms with Crippen molar-refractivity contribution in [3.05, 3.63) is 52.3 Å². The Bertz CT molecular complexity index is 820. The van der Waals surface area contributed by atoms with Crippen LogP contribution in [0.1, 0.15) is 27.3 Å². The van der Waals surface area contributed by atoms with Crippen LogP contribution in [0.3, 0.4) is 0 Å². The lowest BCUT2D eigenvalue weighted by Crippen LogP contribution is -2.05. The second-order valence-electron chi connectivity index (χ2n) is 4.89. The zero-order valence-corrected chi connectivity index (χ0v) is 12.6. The van der Waals surface area contributed by atoms with Gasteiger partial charge in [0, 0.05) is 17.3 Å². The van der Waals surface area contributed by atoms with Crippen molar-refractivity contribution in [2.75, 3.05) is 5.32 Å². The summed E-state index contributed by atoms with van der Waals surface area (Å²) in [6.07, 6.45) is 2.01. The third kappa shape index (κ3) is 2.50. The molecule has 0 radical (unpaired) electrons. The number of nitrogens with one attached hydrogen (secondary N) is 1. The molecular weight excluding hydrogens is 286 g/mol. The Hall–Kier alpha value is -2.34. The molecular formula is C15H15N3O2S. The van der Waals surface area contributed by atoms with Gasteiger partial charge in [0.2, 0.25) is 0 Å². The van der Waals surface area contributed by atoms with Crippen LogP contribution in [0.5, 0.6) is 0 Å². The molecule has 0 saturated carbocycles. The highest BCUT2D eigenvalue weighted by atomic mass is 32.1. The number of carboxylic acid groups (broad SMARTS) is 1. The van der Waals surface area contributed by atoms with Crippen LogP contribution in [0.2, 0.25) is 0 Å². The predicted octanol–water partition coefficient (Wildman–Crippen LogP) is 3.32. The second kappa shape index (κ2) is 5.21. The van der Waals surface area contributed by atoms with Gasteiger partial charge >= 0.3 is 5.97 Å². The van der Waals surface area contributed by atoms with Crippen LogP contribution in [0.15, 0.2) is 29.8 Å². The molecule has 0 atom stereocenters. The quantitative estimate of drug-likeness (QED) is 0.775. The van der Waals surface area contributed by atoms with Gasteiger partial charge in [0.25, 0.3) is 0 Å². The number of nitrogens with zero attached hydrogens (tertiary/aromatic N) is 2. The van der Waals surface area contributed by atoms with Gasteiger partial charge in [-0.15, -0.1) is 11.3 Å². The highest BCUT2D eigenvalue weighted by Gasteiger charge is 2.10. The summed E-state index contributed by atoms with van der Waals surface area (Å²) in [5.74, 6) is -0.906. The molecule has 2 heterocycles. The summed E-state index contributed by atoms with van der Waals surface area (Å²) >= 11 is 1.61. The van der Waals surface area contributed by atoms with E-state index in [4.69, 9.17) is 5.11 Å². The third-order valence-corrected chi connectivity index (χ3v) is 4.24. The number of hydrogen-bond acceptors (Lipinski definition) is 4. The smallest absolute Gasteiger partial charge is 0.335 e. The van der Waals surface area contributed by atoms with E-state index < -0.39 is 5.97 Å². The number of aromatic nitrogens is 2. The topological polar surface area (TPSA) is 66.6 Å². The van der Waals surface area contributed by atoms with Crippen molar-refractivity contribution in [1.29, 1.82) is 0 Å². The van der Waals surface area contributed by atoms with Crippen LogP contribution in [-0.2, 0) is 6.54 Å². The monoisotopic (exact) mass is 301 g/mol. The lowest BCUT2D eigenvalue weighted by Gasteiger charge is -2.10. The number of aromatic carboxylic acids is 1. The molecule has 0 unspecified atom stereocenters. The molecule has 5 nitrogen and oxygen atoms in total. The largest absolute Gasteiger partial charge is 0.478 e. The summed E-state index contributed by atoms with van der Waals surface area (Å²) < 4.78 is 2.08. The number of carboxylic acids is 1. The number of fused-ring (bicyclic) bond motifs is 1. The van der Waals surface area contributed by atoms with Crippen molar-refractivity contribution < 1.29 is 9.90 Å². The Labute approximate surface area is 125 Å². The molecule has 0 spiro atoms.